The number of amides is 4. The maximum absolute atomic E-state index is 12.9. The number of rotatable bonds is 25. The summed E-state index contributed by atoms with van der Waals surface area (Å²) in [5.41, 5.74) is 10.6. The van der Waals surface area contributed by atoms with Crippen molar-refractivity contribution >= 4 is 29.6 Å². The molecule has 0 fully saturated rings. The number of carbonyl (C=O) groups is 4. The third kappa shape index (κ3) is 25.8. The van der Waals surface area contributed by atoms with Crippen LogP contribution in [0.25, 0.3) is 0 Å². The quantitative estimate of drug-likeness (QED) is 0.0531. The van der Waals surface area contributed by atoms with Crippen molar-refractivity contribution in [1.82, 2.24) is 26.2 Å². The van der Waals surface area contributed by atoms with Crippen molar-refractivity contribution in [2.75, 3.05) is 52.4 Å². The van der Waals surface area contributed by atoms with Crippen molar-refractivity contribution in [2.45, 2.75) is 91.9 Å². The molecule has 0 aliphatic rings. The SMILES string of the molecule is CC(C)CCC(=O)NCCCN(CCCNC(=O)CCC(C)C)C(=O)CCC(=O)NCCCNCCCN=C(N)N. The monoisotopic (exact) mass is 582 g/mol. The van der Waals surface area contributed by atoms with E-state index in [0.717, 1.165) is 38.8 Å². The Hall–Kier alpha value is -2.89. The van der Waals surface area contributed by atoms with Crippen molar-refractivity contribution < 1.29 is 19.2 Å². The van der Waals surface area contributed by atoms with E-state index in [9.17, 15) is 19.2 Å². The Morgan fingerprint density at radius 2 is 1.10 bits per heavy atom. The first kappa shape index (κ1) is 38.1. The Kier molecular flexibility index (Phi) is 23.1. The van der Waals surface area contributed by atoms with Gasteiger partial charge in [-0.15, -0.1) is 0 Å². The highest BCUT2D eigenvalue weighted by Crippen LogP contribution is 2.05. The van der Waals surface area contributed by atoms with Gasteiger partial charge in [-0.2, -0.15) is 0 Å². The number of aliphatic imine (C=N–C) groups is 1. The van der Waals surface area contributed by atoms with Crippen LogP contribution in [-0.4, -0.2) is 86.8 Å². The lowest BCUT2D eigenvalue weighted by Gasteiger charge is -2.23. The van der Waals surface area contributed by atoms with E-state index in [0.29, 0.717) is 76.8 Å². The molecule has 0 heterocycles. The summed E-state index contributed by atoms with van der Waals surface area (Å²) in [6.07, 6.45) is 5.81. The average Bonchev–Trinajstić information content (AvgIpc) is 2.91. The fourth-order valence-corrected chi connectivity index (χ4v) is 3.82. The van der Waals surface area contributed by atoms with E-state index in [-0.39, 0.29) is 42.4 Å². The number of nitrogens with one attached hydrogen (secondary N) is 4. The average molecular weight is 583 g/mol. The lowest BCUT2D eigenvalue weighted by atomic mass is 10.1. The molecular weight excluding hydrogens is 524 g/mol. The molecule has 12 nitrogen and oxygen atoms in total. The van der Waals surface area contributed by atoms with E-state index >= 15 is 0 Å². The largest absolute Gasteiger partial charge is 0.370 e. The van der Waals surface area contributed by atoms with Crippen molar-refractivity contribution in [3.05, 3.63) is 0 Å². The van der Waals surface area contributed by atoms with Gasteiger partial charge in [0.05, 0.1) is 0 Å². The van der Waals surface area contributed by atoms with Gasteiger partial charge in [-0.1, -0.05) is 27.7 Å². The lowest BCUT2D eigenvalue weighted by molar-refractivity contribution is -0.133. The number of carbonyl (C=O) groups excluding carboxylic acids is 4. The third-order valence-electron chi connectivity index (χ3n) is 6.33. The molecule has 0 aromatic rings. The van der Waals surface area contributed by atoms with Crippen molar-refractivity contribution in [1.29, 1.82) is 0 Å². The predicted octanol–water partition coefficient (Wildman–Crippen LogP) is 1.24. The number of hydrogen-bond donors (Lipinski definition) is 6. The molecule has 0 aromatic carbocycles. The van der Waals surface area contributed by atoms with E-state index in [1.54, 1.807) is 4.90 Å². The van der Waals surface area contributed by atoms with Gasteiger partial charge in [0, 0.05) is 65.0 Å². The maximum Gasteiger partial charge on any atom is 0.223 e. The maximum atomic E-state index is 12.9. The third-order valence-corrected chi connectivity index (χ3v) is 6.33. The van der Waals surface area contributed by atoms with Crippen LogP contribution in [0.3, 0.4) is 0 Å². The molecule has 0 radical (unpaired) electrons. The molecule has 0 spiro atoms. The molecule has 0 aliphatic carbocycles. The van der Waals surface area contributed by atoms with Gasteiger partial charge in [0.25, 0.3) is 0 Å². The minimum Gasteiger partial charge on any atom is -0.370 e. The molecule has 41 heavy (non-hydrogen) atoms. The number of nitrogens with zero attached hydrogens (tertiary/aromatic N) is 2. The summed E-state index contributed by atoms with van der Waals surface area (Å²) < 4.78 is 0. The van der Waals surface area contributed by atoms with Gasteiger partial charge in [0.2, 0.25) is 23.6 Å². The molecule has 4 amide bonds. The zero-order valence-electron chi connectivity index (χ0n) is 26.1. The van der Waals surface area contributed by atoms with Gasteiger partial charge in [0.15, 0.2) is 5.96 Å². The van der Waals surface area contributed by atoms with Crippen molar-refractivity contribution in [3.63, 3.8) is 0 Å². The van der Waals surface area contributed by atoms with Gasteiger partial charge in [-0.05, 0) is 63.5 Å². The van der Waals surface area contributed by atoms with Crippen LogP contribution < -0.4 is 32.7 Å². The molecule has 0 rings (SSSR count). The van der Waals surface area contributed by atoms with Crippen LogP contribution in [0.15, 0.2) is 4.99 Å². The standard InChI is InChI=1S/C29H58N8O4/c1-23(2)9-11-25(38)34-19-7-21-37(22-8-20-35-26(39)12-10-24(3)4)28(41)14-13-27(40)33-17-5-15-32-16-6-18-36-29(30)31/h23-24,32H,5-22H2,1-4H3,(H,33,40)(H,34,38)(H,35,39)(H4,30,31,36). The Morgan fingerprint density at radius 3 is 1.59 bits per heavy atom. The van der Waals surface area contributed by atoms with Gasteiger partial charge in [-0.25, -0.2) is 0 Å². The summed E-state index contributed by atoms with van der Waals surface area (Å²) in [5, 5.41) is 12.0. The van der Waals surface area contributed by atoms with Crippen LogP contribution in [0.4, 0.5) is 0 Å². The van der Waals surface area contributed by atoms with Gasteiger partial charge in [-0.3, -0.25) is 24.2 Å². The van der Waals surface area contributed by atoms with Crippen LogP contribution in [0, 0.1) is 11.8 Å². The summed E-state index contributed by atoms with van der Waals surface area (Å²) in [6.45, 7) is 13.0. The summed E-state index contributed by atoms with van der Waals surface area (Å²) in [6, 6.07) is 0. The second kappa shape index (κ2) is 24.9. The van der Waals surface area contributed by atoms with Crippen molar-refractivity contribution in [2.24, 2.45) is 28.3 Å². The first-order valence-electron chi connectivity index (χ1n) is 15.3. The minimum absolute atomic E-state index is 0.0264. The fourth-order valence-electron chi connectivity index (χ4n) is 3.82. The van der Waals surface area contributed by atoms with Gasteiger partial charge in [0.1, 0.15) is 0 Å². The zero-order chi connectivity index (χ0) is 30.9. The summed E-state index contributed by atoms with van der Waals surface area (Å²) in [5.74, 6) is 0.844. The highest BCUT2D eigenvalue weighted by Gasteiger charge is 2.15. The normalized spacial score (nSPS) is 10.9. The smallest absolute Gasteiger partial charge is 0.223 e. The topological polar surface area (TPSA) is 184 Å². The van der Waals surface area contributed by atoms with Crippen LogP contribution in [-0.2, 0) is 19.2 Å². The molecule has 238 valence electrons. The van der Waals surface area contributed by atoms with Gasteiger partial charge < -0.3 is 37.6 Å². The second-order valence-electron chi connectivity index (χ2n) is 11.3. The second-order valence-corrected chi connectivity index (χ2v) is 11.3. The molecule has 0 aromatic heterocycles. The van der Waals surface area contributed by atoms with Crippen LogP contribution >= 0.6 is 0 Å². The Bertz CT molecular complexity index is 738. The zero-order valence-corrected chi connectivity index (χ0v) is 26.1. The molecule has 0 atom stereocenters. The number of nitrogens with two attached hydrogens (primary N) is 2. The molecule has 0 bridgehead atoms. The van der Waals surface area contributed by atoms with Crippen LogP contribution in [0.1, 0.15) is 91.9 Å². The van der Waals surface area contributed by atoms with E-state index in [1.807, 2.05) is 0 Å². The fraction of sp³-hybridized carbons (Fsp3) is 0.828. The molecule has 8 N–H and O–H groups in total. The minimum atomic E-state index is -0.152. The highest BCUT2D eigenvalue weighted by molar-refractivity contribution is 5.83. The first-order chi connectivity index (χ1) is 19.5. The van der Waals surface area contributed by atoms with E-state index < -0.39 is 0 Å². The Morgan fingerprint density at radius 1 is 0.634 bits per heavy atom. The van der Waals surface area contributed by atoms with E-state index in [2.05, 4.69) is 54.0 Å². The summed E-state index contributed by atoms with van der Waals surface area (Å²) in [7, 11) is 0. The first-order valence-corrected chi connectivity index (χ1v) is 15.3. The Labute approximate surface area is 247 Å². The van der Waals surface area contributed by atoms with Gasteiger partial charge >= 0.3 is 0 Å². The van der Waals surface area contributed by atoms with E-state index in [4.69, 9.17) is 11.5 Å². The lowest BCUT2D eigenvalue weighted by Crippen LogP contribution is -2.37. The highest BCUT2D eigenvalue weighted by atomic mass is 16.2. The summed E-state index contributed by atoms with van der Waals surface area (Å²) >= 11 is 0. The van der Waals surface area contributed by atoms with Crippen LogP contribution in [0.2, 0.25) is 0 Å². The Balaban J connectivity index is 4.42. The molecule has 0 aliphatic heterocycles. The number of hydrogen-bond acceptors (Lipinski definition) is 6. The predicted molar refractivity (Wildman–Crippen MR) is 165 cm³/mol. The molecule has 0 saturated heterocycles. The summed E-state index contributed by atoms with van der Waals surface area (Å²) in [4.78, 5) is 54.8. The molecule has 12 heteroatoms. The van der Waals surface area contributed by atoms with Crippen LogP contribution in [0.5, 0.6) is 0 Å². The number of guanidine groups is 1. The molecular formula is C29H58N8O4. The van der Waals surface area contributed by atoms with Crippen molar-refractivity contribution in [3.8, 4) is 0 Å². The molecule has 0 unspecified atom stereocenters. The van der Waals surface area contributed by atoms with E-state index in [1.165, 1.54) is 0 Å². The molecule has 0 saturated carbocycles.